The van der Waals surface area contributed by atoms with Crippen LogP contribution in [-0.2, 0) is 16.6 Å². The first kappa shape index (κ1) is 11.5. The smallest absolute Gasteiger partial charge is 0.241 e. The number of hydrogen-bond acceptors (Lipinski definition) is 3. The van der Waals surface area contributed by atoms with Gasteiger partial charge in [-0.1, -0.05) is 6.07 Å². The summed E-state index contributed by atoms with van der Waals surface area (Å²) in [6.45, 7) is 0.0706. The van der Waals surface area contributed by atoms with E-state index in [1.165, 1.54) is 12.1 Å². The van der Waals surface area contributed by atoms with E-state index in [0.717, 1.165) is 18.9 Å². The van der Waals surface area contributed by atoms with Crippen LogP contribution in [0.5, 0.6) is 0 Å². The predicted molar refractivity (Wildman–Crippen MR) is 57.6 cm³/mol. The van der Waals surface area contributed by atoms with Crippen molar-refractivity contribution in [2.75, 3.05) is 0 Å². The van der Waals surface area contributed by atoms with Crippen molar-refractivity contribution in [1.82, 2.24) is 4.72 Å². The lowest BCUT2D eigenvalue weighted by Gasteiger charge is -2.09. The molecule has 0 aromatic heterocycles. The topological polar surface area (TPSA) is 72.2 Å². The zero-order valence-electron chi connectivity index (χ0n) is 8.61. The summed E-state index contributed by atoms with van der Waals surface area (Å²) >= 11 is 0. The van der Waals surface area contributed by atoms with Gasteiger partial charge in [0, 0.05) is 12.6 Å². The van der Waals surface area contributed by atoms with Gasteiger partial charge in [0.25, 0.3) is 0 Å². The Balaban J connectivity index is 2.40. The van der Waals surface area contributed by atoms with Gasteiger partial charge in [0.05, 0.1) is 4.90 Å². The largest absolute Gasteiger partial charge is 0.326 e. The molecule has 0 spiro atoms. The summed E-state index contributed by atoms with van der Waals surface area (Å²) in [4.78, 5) is -0.0538. The van der Waals surface area contributed by atoms with Gasteiger partial charge < -0.3 is 5.73 Å². The van der Waals surface area contributed by atoms with E-state index in [1.54, 1.807) is 0 Å². The van der Waals surface area contributed by atoms with E-state index in [-0.39, 0.29) is 17.5 Å². The number of benzene rings is 1. The first-order valence-electron chi connectivity index (χ1n) is 5.04. The third-order valence-corrected chi connectivity index (χ3v) is 4.04. The lowest BCUT2D eigenvalue weighted by Crippen LogP contribution is -2.27. The Labute approximate surface area is 93.7 Å². The molecule has 0 radical (unpaired) electrons. The second kappa shape index (κ2) is 4.12. The second-order valence-electron chi connectivity index (χ2n) is 3.85. The molecule has 1 fully saturated rings. The third-order valence-electron chi connectivity index (χ3n) is 2.44. The van der Waals surface area contributed by atoms with Gasteiger partial charge in [-0.25, -0.2) is 17.5 Å². The number of halogens is 1. The van der Waals surface area contributed by atoms with Crippen molar-refractivity contribution in [3.63, 3.8) is 0 Å². The number of hydrogen-bond donors (Lipinski definition) is 2. The fraction of sp³-hybridized carbons (Fsp3) is 0.400. The molecular formula is C10H13FN2O2S. The lowest BCUT2D eigenvalue weighted by molar-refractivity contribution is 0.575. The molecule has 0 atom stereocenters. The average Bonchev–Trinajstić information content (AvgIpc) is 3.01. The molecule has 0 aliphatic heterocycles. The molecule has 0 unspecified atom stereocenters. The Morgan fingerprint density at radius 1 is 1.44 bits per heavy atom. The van der Waals surface area contributed by atoms with Crippen molar-refractivity contribution in [1.29, 1.82) is 0 Å². The second-order valence-corrected chi connectivity index (χ2v) is 5.53. The van der Waals surface area contributed by atoms with Crippen molar-refractivity contribution in [3.8, 4) is 0 Å². The SMILES string of the molecule is NCc1ccc(F)cc1S(=O)(=O)NC1CC1. The van der Waals surface area contributed by atoms with Crippen molar-refractivity contribution in [2.24, 2.45) is 5.73 Å². The molecule has 88 valence electrons. The van der Waals surface area contributed by atoms with Crippen molar-refractivity contribution in [2.45, 2.75) is 30.3 Å². The lowest BCUT2D eigenvalue weighted by atomic mass is 10.2. The Hall–Kier alpha value is -0.980. The molecule has 4 nitrogen and oxygen atoms in total. The average molecular weight is 244 g/mol. The van der Waals surface area contributed by atoms with Crippen LogP contribution in [0.2, 0.25) is 0 Å². The van der Waals surface area contributed by atoms with Crippen LogP contribution in [0, 0.1) is 5.82 Å². The highest BCUT2D eigenvalue weighted by atomic mass is 32.2. The summed E-state index contributed by atoms with van der Waals surface area (Å²) < 4.78 is 39.3. The normalized spacial score (nSPS) is 16.4. The molecule has 1 aliphatic rings. The van der Waals surface area contributed by atoms with Crippen LogP contribution >= 0.6 is 0 Å². The van der Waals surface area contributed by atoms with Crippen molar-refractivity contribution >= 4 is 10.0 Å². The van der Waals surface area contributed by atoms with Gasteiger partial charge in [-0.3, -0.25) is 0 Å². The summed E-state index contributed by atoms with van der Waals surface area (Å²) in [5.74, 6) is -0.576. The minimum Gasteiger partial charge on any atom is -0.326 e. The highest BCUT2D eigenvalue weighted by Gasteiger charge is 2.29. The fourth-order valence-electron chi connectivity index (χ4n) is 1.43. The Morgan fingerprint density at radius 2 is 2.12 bits per heavy atom. The number of sulfonamides is 1. The van der Waals surface area contributed by atoms with Gasteiger partial charge in [-0.15, -0.1) is 0 Å². The van der Waals surface area contributed by atoms with Gasteiger partial charge in [-0.2, -0.15) is 0 Å². The standard InChI is InChI=1S/C10H13FN2O2S/c11-8-2-1-7(6-12)10(5-8)16(14,15)13-9-3-4-9/h1-2,5,9,13H,3-4,6,12H2. The number of nitrogens with one attached hydrogen (secondary N) is 1. The van der Waals surface area contributed by atoms with Crippen LogP contribution in [0.25, 0.3) is 0 Å². The van der Waals surface area contributed by atoms with E-state index in [1.807, 2.05) is 0 Å². The summed E-state index contributed by atoms with van der Waals surface area (Å²) in [7, 11) is -3.63. The quantitative estimate of drug-likeness (QED) is 0.820. The van der Waals surface area contributed by atoms with Gasteiger partial charge in [0.2, 0.25) is 10.0 Å². The van der Waals surface area contributed by atoms with Gasteiger partial charge in [0.1, 0.15) is 5.82 Å². The zero-order valence-corrected chi connectivity index (χ0v) is 9.43. The summed E-state index contributed by atoms with van der Waals surface area (Å²) in [6.07, 6.45) is 1.68. The van der Waals surface area contributed by atoms with E-state index in [0.29, 0.717) is 5.56 Å². The van der Waals surface area contributed by atoms with Crippen LogP contribution in [0.1, 0.15) is 18.4 Å². The molecule has 6 heteroatoms. The Morgan fingerprint density at radius 3 is 2.69 bits per heavy atom. The molecule has 0 bridgehead atoms. The maximum Gasteiger partial charge on any atom is 0.241 e. The first-order chi connectivity index (χ1) is 7.53. The Bertz CT molecular complexity index is 498. The van der Waals surface area contributed by atoms with Crippen LogP contribution in [0.4, 0.5) is 4.39 Å². The van der Waals surface area contributed by atoms with Crippen LogP contribution in [0.15, 0.2) is 23.1 Å². The zero-order chi connectivity index (χ0) is 11.8. The fourth-order valence-corrected chi connectivity index (χ4v) is 3.00. The molecule has 1 aromatic carbocycles. The highest BCUT2D eigenvalue weighted by molar-refractivity contribution is 7.89. The minimum atomic E-state index is -3.63. The number of nitrogens with two attached hydrogens (primary N) is 1. The van der Waals surface area contributed by atoms with E-state index in [9.17, 15) is 12.8 Å². The monoisotopic (exact) mass is 244 g/mol. The molecule has 1 saturated carbocycles. The minimum absolute atomic E-state index is 0.00103. The third kappa shape index (κ3) is 2.40. The molecule has 0 amide bonds. The molecule has 2 rings (SSSR count). The van der Waals surface area contributed by atoms with Crippen LogP contribution in [0.3, 0.4) is 0 Å². The highest BCUT2D eigenvalue weighted by Crippen LogP contribution is 2.24. The Kier molecular flexibility index (Phi) is 2.96. The summed E-state index contributed by atoms with van der Waals surface area (Å²) in [6, 6.07) is 3.61. The number of rotatable bonds is 4. The summed E-state index contributed by atoms with van der Waals surface area (Å²) in [5, 5.41) is 0. The molecule has 0 saturated heterocycles. The maximum atomic E-state index is 13.0. The molecule has 3 N–H and O–H groups in total. The molecule has 16 heavy (non-hydrogen) atoms. The first-order valence-corrected chi connectivity index (χ1v) is 6.52. The maximum absolute atomic E-state index is 13.0. The van der Waals surface area contributed by atoms with Crippen LogP contribution in [-0.4, -0.2) is 14.5 Å². The predicted octanol–water partition coefficient (Wildman–Crippen LogP) is 0.725. The van der Waals surface area contributed by atoms with Crippen molar-refractivity contribution < 1.29 is 12.8 Å². The van der Waals surface area contributed by atoms with Crippen molar-refractivity contribution in [3.05, 3.63) is 29.6 Å². The van der Waals surface area contributed by atoms with Gasteiger partial charge >= 0.3 is 0 Å². The van der Waals surface area contributed by atoms with E-state index in [4.69, 9.17) is 5.73 Å². The van der Waals surface area contributed by atoms with Gasteiger partial charge in [-0.05, 0) is 30.5 Å². The van der Waals surface area contributed by atoms with Gasteiger partial charge in [0.15, 0.2) is 0 Å². The molecule has 1 aliphatic carbocycles. The summed E-state index contributed by atoms with van der Waals surface area (Å²) in [5.41, 5.74) is 5.85. The molecule has 1 aromatic rings. The molecule has 0 heterocycles. The van der Waals surface area contributed by atoms with E-state index in [2.05, 4.69) is 4.72 Å². The van der Waals surface area contributed by atoms with E-state index >= 15 is 0 Å². The van der Waals surface area contributed by atoms with E-state index < -0.39 is 15.8 Å². The molecular weight excluding hydrogens is 231 g/mol. The van der Waals surface area contributed by atoms with Crippen LogP contribution < -0.4 is 10.5 Å².